The highest BCUT2D eigenvalue weighted by Gasteiger charge is 2.29. The smallest absolute Gasteiger partial charge is 0.188 e. The minimum absolute atomic E-state index is 0.00126. The normalized spacial score (nSPS) is 20.0. The Labute approximate surface area is 167 Å². The molecule has 0 atom stereocenters. The van der Waals surface area contributed by atoms with Crippen LogP contribution in [0.25, 0.3) is 27.8 Å². The number of nitrogens with one attached hydrogen (secondary N) is 1. The van der Waals surface area contributed by atoms with Crippen molar-refractivity contribution < 1.29 is 4.79 Å². The van der Waals surface area contributed by atoms with Crippen LogP contribution in [0, 0.1) is 5.92 Å². The molecule has 142 valence electrons. The number of hydrogen-bond acceptors (Lipinski definition) is 4. The predicted molar refractivity (Wildman–Crippen MR) is 113 cm³/mol. The first-order chi connectivity index (χ1) is 13.6. The van der Waals surface area contributed by atoms with Crippen LogP contribution >= 0.6 is 12.6 Å². The molecule has 0 amide bonds. The topological polar surface area (TPSA) is 89.1 Å². The van der Waals surface area contributed by atoms with E-state index in [4.69, 9.17) is 10.7 Å². The zero-order valence-corrected chi connectivity index (χ0v) is 16.2. The first-order valence-corrected chi connectivity index (χ1v) is 10.00. The number of rotatable bonds is 3. The zero-order valence-electron chi connectivity index (χ0n) is 15.3. The van der Waals surface area contributed by atoms with E-state index in [2.05, 4.69) is 45.2 Å². The van der Waals surface area contributed by atoms with Crippen molar-refractivity contribution in [1.82, 2.24) is 19.4 Å². The summed E-state index contributed by atoms with van der Waals surface area (Å²) in [5.41, 5.74) is 9.91. The Hall–Kier alpha value is -2.80. The monoisotopic (exact) mass is 391 g/mol. The fourth-order valence-electron chi connectivity index (χ4n) is 4.36. The van der Waals surface area contributed by atoms with Crippen molar-refractivity contribution in [2.24, 2.45) is 5.92 Å². The lowest BCUT2D eigenvalue weighted by atomic mass is 9.82. The molecule has 1 aliphatic carbocycles. The molecule has 4 aromatic rings. The maximum Gasteiger partial charge on any atom is 0.188 e. The Morgan fingerprint density at radius 1 is 1.21 bits per heavy atom. The number of hydrogen-bond donors (Lipinski definition) is 3. The number of carbonyl (C=O) groups excluding carboxylic acids is 1. The summed E-state index contributed by atoms with van der Waals surface area (Å²) in [6.45, 7) is 0. The third kappa shape index (κ3) is 2.77. The summed E-state index contributed by atoms with van der Waals surface area (Å²) in [6.07, 6.45) is 7.19. The van der Waals surface area contributed by atoms with Crippen LogP contribution in [0.5, 0.6) is 0 Å². The molecule has 3 aromatic heterocycles. The molecule has 1 fully saturated rings. The lowest BCUT2D eigenvalue weighted by Crippen LogP contribution is -2.19. The van der Waals surface area contributed by atoms with Gasteiger partial charge in [0.1, 0.15) is 22.9 Å². The lowest BCUT2D eigenvalue weighted by Gasteiger charge is -2.25. The molecule has 0 radical (unpaired) electrons. The SMILES string of the molecule is Nc1nccn2c(C3CCC(C(=O)S)CC3)nc(-c3cc4ccccc4[nH]3)c12. The molecular weight excluding hydrogens is 370 g/mol. The number of imidazole rings is 1. The molecule has 0 bridgehead atoms. The number of aromatic nitrogens is 4. The Kier molecular flexibility index (Phi) is 4.12. The van der Waals surface area contributed by atoms with Gasteiger partial charge in [0.05, 0.1) is 5.69 Å². The lowest BCUT2D eigenvalue weighted by molar-refractivity contribution is -0.115. The molecule has 6 nitrogen and oxygen atoms in total. The van der Waals surface area contributed by atoms with Gasteiger partial charge in [0, 0.05) is 35.1 Å². The Balaban J connectivity index is 1.62. The average molecular weight is 392 g/mol. The van der Waals surface area contributed by atoms with Gasteiger partial charge in [-0.25, -0.2) is 9.97 Å². The summed E-state index contributed by atoms with van der Waals surface area (Å²) in [7, 11) is 0. The van der Waals surface area contributed by atoms with Crippen molar-refractivity contribution in [3.8, 4) is 11.4 Å². The largest absolute Gasteiger partial charge is 0.382 e. The van der Waals surface area contributed by atoms with Crippen molar-refractivity contribution in [3.05, 3.63) is 48.5 Å². The maximum atomic E-state index is 11.6. The first-order valence-electron chi connectivity index (χ1n) is 9.55. The average Bonchev–Trinajstić information content (AvgIpc) is 3.30. The fourth-order valence-corrected chi connectivity index (χ4v) is 4.62. The number of fused-ring (bicyclic) bond motifs is 2. The molecule has 0 aliphatic heterocycles. The Morgan fingerprint density at radius 3 is 2.75 bits per heavy atom. The van der Waals surface area contributed by atoms with Crippen molar-refractivity contribution >= 4 is 40.0 Å². The molecule has 28 heavy (non-hydrogen) atoms. The highest BCUT2D eigenvalue weighted by molar-refractivity contribution is 7.96. The van der Waals surface area contributed by atoms with Crippen LogP contribution < -0.4 is 5.73 Å². The number of aromatic amines is 1. The minimum Gasteiger partial charge on any atom is -0.382 e. The van der Waals surface area contributed by atoms with E-state index in [0.717, 1.165) is 59.3 Å². The van der Waals surface area contributed by atoms with E-state index < -0.39 is 0 Å². The molecule has 1 saturated carbocycles. The number of thiol groups is 1. The summed E-state index contributed by atoms with van der Waals surface area (Å²) in [5.74, 6) is 1.80. The van der Waals surface area contributed by atoms with E-state index in [0.29, 0.717) is 5.82 Å². The standard InChI is InChI=1S/C21H21N5OS/c22-19-18-17(16-11-14-3-1-2-4-15(14)24-16)25-20(26(18)10-9-23-19)12-5-7-13(8-6-12)21(27)28/h1-4,9-13,24H,5-8H2,(H2,22,23)(H,27,28). The van der Waals surface area contributed by atoms with Crippen LogP contribution in [0.3, 0.4) is 0 Å². The molecule has 3 heterocycles. The molecule has 0 unspecified atom stereocenters. The maximum absolute atomic E-state index is 11.6. The van der Waals surface area contributed by atoms with Gasteiger partial charge >= 0.3 is 0 Å². The summed E-state index contributed by atoms with van der Waals surface area (Å²) in [4.78, 5) is 24.3. The van der Waals surface area contributed by atoms with Gasteiger partial charge in [0.15, 0.2) is 5.12 Å². The number of nitrogens with zero attached hydrogens (tertiary/aromatic N) is 3. The summed E-state index contributed by atoms with van der Waals surface area (Å²) in [5, 5.41) is 1.13. The summed E-state index contributed by atoms with van der Waals surface area (Å²) < 4.78 is 2.07. The first kappa shape index (κ1) is 17.3. The molecular formula is C21H21N5OS. The van der Waals surface area contributed by atoms with Crippen molar-refractivity contribution in [2.75, 3.05) is 5.73 Å². The van der Waals surface area contributed by atoms with Gasteiger partial charge in [-0.2, -0.15) is 0 Å². The number of para-hydroxylation sites is 1. The van der Waals surface area contributed by atoms with Crippen LogP contribution in [0.2, 0.25) is 0 Å². The van der Waals surface area contributed by atoms with Crippen molar-refractivity contribution in [2.45, 2.75) is 31.6 Å². The second kappa shape index (κ2) is 6.67. The van der Waals surface area contributed by atoms with Crippen LogP contribution in [0.15, 0.2) is 42.7 Å². The number of H-pyrrole nitrogens is 1. The molecule has 0 spiro atoms. The number of anilines is 1. The van der Waals surface area contributed by atoms with Gasteiger partial charge < -0.3 is 10.7 Å². The van der Waals surface area contributed by atoms with Crippen molar-refractivity contribution in [1.29, 1.82) is 0 Å². The van der Waals surface area contributed by atoms with Gasteiger partial charge in [0.25, 0.3) is 0 Å². The van der Waals surface area contributed by atoms with Gasteiger partial charge in [-0.15, -0.1) is 12.6 Å². The Morgan fingerprint density at radius 2 is 2.00 bits per heavy atom. The molecule has 1 aromatic carbocycles. The van der Waals surface area contributed by atoms with E-state index in [1.54, 1.807) is 6.20 Å². The minimum atomic E-state index is -0.00126. The third-order valence-electron chi connectivity index (χ3n) is 5.84. The van der Waals surface area contributed by atoms with Gasteiger partial charge in [0.2, 0.25) is 0 Å². The molecule has 1 aliphatic rings. The highest BCUT2D eigenvalue weighted by Crippen LogP contribution is 2.39. The van der Waals surface area contributed by atoms with Crippen LogP contribution in [0.1, 0.15) is 37.4 Å². The zero-order chi connectivity index (χ0) is 19.3. The highest BCUT2D eigenvalue weighted by atomic mass is 32.1. The summed E-state index contributed by atoms with van der Waals surface area (Å²) in [6, 6.07) is 10.3. The molecule has 5 rings (SSSR count). The van der Waals surface area contributed by atoms with E-state index in [-0.39, 0.29) is 17.0 Å². The second-order valence-corrected chi connectivity index (χ2v) is 7.95. The number of carbonyl (C=O) groups is 1. The number of nitrogen functional groups attached to an aromatic ring is 1. The van der Waals surface area contributed by atoms with Crippen molar-refractivity contribution in [3.63, 3.8) is 0 Å². The molecule has 0 saturated heterocycles. The van der Waals surface area contributed by atoms with E-state index >= 15 is 0 Å². The van der Waals surface area contributed by atoms with Gasteiger partial charge in [-0.3, -0.25) is 9.20 Å². The van der Waals surface area contributed by atoms with Gasteiger partial charge in [-0.05, 0) is 37.8 Å². The quantitative estimate of drug-likeness (QED) is 0.457. The molecule has 7 heteroatoms. The Bertz CT molecular complexity index is 1150. The summed E-state index contributed by atoms with van der Waals surface area (Å²) >= 11 is 4.02. The van der Waals surface area contributed by atoms with Crippen LogP contribution in [-0.4, -0.2) is 24.5 Å². The van der Waals surface area contributed by atoms with Gasteiger partial charge in [-0.1, -0.05) is 18.2 Å². The van der Waals surface area contributed by atoms with E-state index in [1.165, 1.54) is 0 Å². The third-order valence-corrected chi connectivity index (χ3v) is 6.20. The fraction of sp³-hybridized carbons (Fsp3) is 0.286. The number of benzene rings is 1. The predicted octanol–water partition coefficient (Wildman–Crippen LogP) is 4.19. The number of nitrogens with two attached hydrogens (primary N) is 1. The second-order valence-electron chi connectivity index (χ2n) is 7.51. The van der Waals surface area contributed by atoms with E-state index in [9.17, 15) is 4.79 Å². The molecule has 3 N–H and O–H groups in total. The van der Waals surface area contributed by atoms with Crippen LogP contribution in [-0.2, 0) is 4.79 Å². The van der Waals surface area contributed by atoms with E-state index in [1.807, 2.05) is 18.3 Å². The van der Waals surface area contributed by atoms with Crippen LogP contribution in [0.4, 0.5) is 5.82 Å².